The molecule has 1 rings (SSSR count). The Labute approximate surface area is 91.8 Å². The highest BCUT2D eigenvalue weighted by atomic mass is 35.6. The molecular weight excluding hydrogens is 230 g/mol. The first kappa shape index (κ1) is 10.9. The van der Waals surface area contributed by atoms with Crippen molar-refractivity contribution in [1.82, 2.24) is 0 Å². The minimum Gasteiger partial charge on any atom is -0.398 e. The van der Waals surface area contributed by atoms with Gasteiger partial charge in [-0.1, -0.05) is 40.9 Å². The van der Waals surface area contributed by atoms with Crippen LogP contribution in [0.15, 0.2) is 18.2 Å². The Hall–Kier alpha value is -0.150. The second-order valence-corrected chi connectivity index (χ2v) is 4.90. The van der Waals surface area contributed by atoms with Gasteiger partial charge in [-0.3, -0.25) is 0 Å². The maximum absolute atomic E-state index is 5.69. The van der Waals surface area contributed by atoms with E-state index in [9.17, 15) is 0 Å². The van der Waals surface area contributed by atoms with Crippen LogP contribution in [0.2, 0.25) is 0 Å². The molecule has 0 bridgehead atoms. The van der Waals surface area contributed by atoms with Crippen LogP contribution in [0.1, 0.15) is 11.1 Å². The lowest BCUT2D eigenvalue weighted by molar-refractivity contribution is 1.06. The smallest absolute Gasteiger partial charge is 0.216 e. The van der Waals surface area contributed by atoms with Crippen molar-refractivity contribution in [1.29, 1.82) is 0 Å². The first-order valence-corrected chi connectivity index (χ1v) is 4.74. The Morgan fingerprint density at radius 2 is 1.85 bits per heavy atom. The molecule has 0 aromatic heterocycles. The monoisotopic (exact) mass is 238 g/mol. The molecule has 0 aliphatic carbocycles. The average molecular weight is 240 g/mol. The topological polar surface area (TPSA) is 52.0 Å². The molecule has 0 amide bonds. The Morgan fingerprint density at radius 3 is 2.31 bits per heavy atom. The van der Waals surface area contributed by atoms with Crippen molar-refractivity contribution >= 4 is 40.5 Å². The van der Waals surface area contributed by atoms with Crippen LogP contribution in [-0.4, -0.2) is 0 Å². The molecule has 0 fully saturated rings. The highest BCUT2D eigenvalue weighted by Crippen LogP contribution is 2.38. The predicted molar refractivity (Wildman–Crippen MR) is 58.0 cm³/mol. The van der Waals surface area contributed by atoms with Crippen LogP contribution in [0.5, 0.6) is 0 Å². The van der Waals surface area contributed by atoms with Crippen LogP contribution in [0, 0.1) is 0 Å². The minimum absolute atomic E-state index is 0.334. The molecule has 2 nitrogen and oxygen atoms in total. The fraction of sp³-hybridized carbons (Fsp3) is 0.250. The van der Waals surface area contributed by atoms with Gasteiger partial charge in [0.2, 0.25) is 3.79 Å². The van der Waals surface area contributed by atoms with E-state index in [1.54, 1.807) is 18.2 Å². The molecule has 5 heteroatoms. The summed E-state index contributed by atoms with van der Waals surface area (Å²) in [5.74, 6) is 0. The molecule has 4 N–H and O–H groups in total. The molecule has 0 unspecified atom stereocenters. The van der Waals surface area contributed by atoms with E-state index in [4.69, 9.17) is 46.3 Å². The van der Waals surface area contributed by atoms with E-state index >= 15 is 0 Å². The zero-order chi connectivity index (χ0) is 10.1. The molecule has 0 radical (unpaired) electrons. The second kappa shape index (κ2) is 3.93. The number of hydrogen-bond acceptors (Lipinski definition) is 2. The van der Waals surface area contributed by atoms with Crippen molar-refractivity contribution in [2.75, 3.05) is 5.73 Å². The summed E-state index contributed by atoms with van der Waals surface area (Å²) in [6.45, 7) is 0.334. The number of alkyl halides is 3. The molecule has 1 aromatic rings. The van der Waals surface area contributed by atoms with Gasteiger partial charge in [0.25, 0.3) is 0 Å². The standard InChI is InChI=1S/C8H9Cl3N2/c9-8(10,11)6-1-2-7(13)5(3-6)4-12/h1-3H,4,12-13H2. The first-order chi connectivity index (χ1) is 5.95. The third-order valence-corrected chi connectivity index (χ3v) is 2.34. The van der Waals surface area contributed by atoms with Crippen molar-refractivity contribution < 1.29 is 0 Å². The fourth-order valence-corrected chi connectivity index (χ4v) is 1.31. The molecule has 0 heterocycles. The van der Waals surface area contributed by atoms with Gasteiger partial charge in [-0.05, 0) is 17.7 Å². The molecule has 1 aromatic carbocycles. The molecule has 13 heavy (non-hydrogen) atoms. The summed E-state index contributed by atoms with van der Waals surface area (Å²) in [6.07, 6.45) is 0. The Morgan fingerprint density at radius 1 is 1.23 bits per heavy atom. The lowest BCUT2D eigenvalue weighted by Crippen LogP contribution is -2.06. The van der Waals surface area contributed by atoms with Crippen molar-refractivity contribution in [3.63, 3.8) is 0 Å². The molecule has 72 valence electrons. The van der Waals surface area contributed by atoms with Crippen LogP contribution < -0.4 is 11.5 Å². The van der Waals surface area contributed by atoms with Gasteiger partial charge in [-0.25, -0.2) is 0 Å². The maximum atomic E-state index is 5.69. The van der Waals surface area contributed by atoms with Gasteiger partial charge in [0, 0.05) is 17.8 Å². The second-order valence-electron chi connectivity index (χ2n) is 2.62. The number of anilines is 1. The van der Waals surface area contributed by atoms with Gasteiger partial charge in [0.05, 0.1) is 0 Å². The maximum Gasteiger partial charge on any atom is 0.216 e. The number of nitrogens with two attached hydrogens (primary N) is 2. The van der Waals surface area contributed by atoms with Gasteiger partial charge >= 0.3 is 0 Å². The third kappa shape index (κ3) is 2.64. The Kier molecular flexibility index (Phi) is 3.30. The highest BCUT2D eigenvalue weighted by molar-refractivity contribution is 6.66. The van der Waals surface area contributed by atoms with Crippen molar-refractivity contribution in [3.05, 3.63) is 29.3 Å². The quantitative estimate of drug-likeness (QED) is 0.584. The number of benzene rings is 1. The zero-order valence-electron chi connectivity index (χ0n) is 6.73. The summed E-state index contributed by atoms with van der Waals surface area (Å²) in [4.78, 5) is 0. The van der Waals surface area contributed by atoms with Crippen LogP contribution in [-0.2, 0) is 10.3 Å². The number of halogens is 3. The first-order valence-electron chi connectivity index (χ1n) is 3.61. The van der Waals surface area contributed by atoms with E-state index in [1.165, 1.54) is 0 Å². The zero-order valence-corrected chi connectivity index (χ0v) is 9.00. The fourth-order valence-electron chi connectivity index (χ4n) is 0.959. The molecular formula is C8H9Cl3N2. The van der Waals surface area contributed by atoms with Gasteiger partial charge in [0.15, 0.2) is 0 Å². The largest absolute Gasteiger partial charge is 0.398 e. The normalized spacial score (nSPS) is 11.7. The SMILES string of the molecule is NCc1cc(C(Cl)(Cl)Cl)ccc1N. The summed E-state index contributed by atoms with van der Waals surface area (Å²) in [5.41, 5.74) is 13.1. The lowest BCUT2D eigenvalue weighted by atomic mass is 10.1. The number of nitrogen functional groups attached to an aromatic ring is 1. The Balaban J connectivity index is 3.14. The Bertz CT molecular complexity index is 307. The summed E-state index contributed by atoms with van der Waals surface area (Å²) in [5, 5.41) is 0. The molecule has 0 saturated heterocycles. The molecule has 0 aliphatic rings. The van der Waals surface area contributed by atoms with E-state index in [2.05, 4.69) is 0 Å². The van der Waals surface area contributed by atoms with Crippen molar-refractivity contribution in [2.45, 2.75) is 10.3 Å². The minimum atomic E-state index is -1.42. The van der Waals surface area contributed by atoms with E-state index < -0.39 is 3.79 Å². The van der Waals surface area contributed by atoms with Gasteiger partial charge < -0.3 is 11.5 Å². The van der Waals surface area contributed by atoms with E-state index in [0.29, 0.717) is 17.8 Å². The molecule has 0 aliphatic heterocycles. The third-order valence-electron chi connectivity index (χ3n) is 1.69. The van der Waals surface area contributed by atoms with Gasteiger partial charge in [-0.2, -0.15) is 0 Å². The molecule has 0 spiro atoms. The summed E-state index contributed by atoms with van der Waals surface area (Å²) >= 11 is 17.1. The summed E-state index contributed by atoms with van der Waals surface area (Å²) in [7, 11) is 0. The van der Waals surface area contributed by atoms with Crippen LogP contribution in [0.3, 0.4) is 0 Å². The van der Waals surface area contributed by atoms with Crippen molar-refractivity contribution in [2.24, 2.45) is 5.73 Å². The predicted octanol–water partition coefficient (Wildman–Crippen LogP) is 2.55. The summed E-state index contributed by atoms with van der Waals surface area (Å²) < 4.78 is -1.42. The van der Waals surface area contributed by atoms with Crippen LogP contribution >= 0.6 is 34.8 Å². The number of rotatable bonds is 1. The van der Waals surface area contributed by atoms with Gasteiger partial charge in [-0.15, -0.1) is 0 Å². The van der Waals surface area contributed by atoms with Gasteiger partial charge in [0.1, 0.15) is 0 Å². The van der Waals surface area contributed by atoms with Crippen LogP contribution in [0.4, 0.5) is 5.69 Å². The highest BCUT2D eigenvalue weighted by Gasteiger charge is 2.22. The van der Waals surface area contributed by atoms with E-state index in [-0.39, 0.29) is 0 Å². The van der Waals surface area contributed by atoms with Crippen LogP contribution in [0.25, 0.3) is 0 Å². The van der Waals surface area contributed by atoms with Crippen molar-refractivity contribution in [3.8, 4) is 0 Å². The molecule has 0 saturated carbocycles. The summed E-state index contributed by atoms with van der Waals surface area (Å²) in [6, 6.07) is 5.04. The van der Waals surface area contributed by atoms with E-state index in [0.717, 1.165) is 5.56 Å². The van der Waals surface area contributed by atoms with E-state index in [1.807, 2.05) is 0 Å². The lowest BCUT2D eigenvalue weighted by Gasteiger charge is -2.13. The average Bonchev–Trinajstić information content (AvgIpc) is 2.03. The molecule has 0 atom stereocenters. The number of hydrogen-bond donors (Lipinski definition) is 2.